The Kier molecular flexibility index (Phi) is 3.27. The van der Waals surface area contributed by atoms with E-state index in [0.29, 0.717) is 17.7 Å². The highest BCUT2D eigenvalue weighted by Crippen LogP contribution is 2.37. The lowest BCUT2D eigenvalue weighted by atomic mass is 10.1. The first-order valence-corrected chi connectivity index (χ1v) is 6.69. The molecule has 114 valence electrons. The van der Waals surface area contributed by atoms with Crippen molar-refractivity contribution in [1.82, 2.24) is 14.6 Å². The van der Waals surface area contributed by atoms with Crippen LogP contribution in [0.2, 0.25) is 0 Å². The van der Waals surface area contributed by atoms with Gasteiger partial charge in [0.05, 0.1) is 5.56 Å². The van der Waals surface area contributed by atoms with Crippen LogP contribution in [0.5, 0.6) is 0 Å². The van der Waals surface area contributed by atoms with Crippen molar-refractivity contribution in [3.63, 3.8) is 0 Å². The molecule has 0 saturated carbocycles. The third kappa shape index (κ3) is 2.28. The van der Waals surface area contributed by atoms with Crippen molar-refractivity contribution < 1.29 is 13.2 Å². The van der Waals surface area contributed by atoms with Crippen molar-refractivity contribution in [2.75, 3.05) is 0 Å². The van der Waals surface area contributed by atoms with Crippen molar-refractivity contribution >= 4 is 5.65 Å². The summed E-state index contributed by atoms with van der Waals surface area (Å²) in [5.74, 6) is 0. The van der Waals surface area contributed by atoms with Crippen LogP contribution < -0.4 is 5.56 Å². The zero-order valence-electron chi connectivity index (χ0n) is 11.6. The highest BCUT2D eigenvalue weighted by molar-refractivity contribution is 5.80. The van der Waals surface area contributed by atoms with Crippen molar-refractivity contribution in [3.8, 4) is 11.1 Å². The standard InChI is InChI=1S/C15H12F3N3O/c1-2-10-8-11(22)21-14(19-10)12(9-6-4-3-5-7-9)13(20-21)15(16,17)18/h3-8,20H,2H2,1H3. The fourth-order valence-corrected chi connectivity index (χ4v) is 2.35. The molecule has 0 aliphatic carbocycles. The molecule has 0 atom stereocenters. The van der Waals surface area contributed by atoms with Crippen molar-refractivity contribution in [2.45, 2.75) is 19.5 Å². The summed E-state index contributed by atoms with van der Waals surface area (Å²) in [6.45, 7) is 1.79. The van der Waals surface area contributed by atoms with Crippen LogP contribution in [0.15, 0.2) is 41.2 Å². The molecule has 0 bridgehead atoms. The Balaban J connectivity index is 2.45. The number of benzene rings is 1. The number of hydrogen-bond acceptors (Lipinski definition) is 2. The number of nitrogens with one attached hydrogen (secondary N) is 1. The van der Waals surface area contributed by atoms with Crippen LogP contribution in [0.3, 0.4) is 0 Å². The van der Waals surface area contributed by atoms with Crippen molar-refractivity contribution in [1.29, 1.82) is 0 Å². The zero-order chi connectivity index (χ0) is 15.9. The SMILES string of the molecule is CCc1cc(=O)n2[nH]c(C(F)(F)F)c(-c3ccccc3)c2n1. The second-order valence-corrected chi connectivity index (χ2v) is 4.82. The van der Waals surface area contributed by atoms with Crippen LogP contribution in [0.4, 0.5) is 13.2 Å². The molecule has 0 spiro atoms. The summed E-state index contributed by atoms with van der Waals surface area (Å²) in [4.78, 5) is 16.2. The van der Waals surface area contributed by atoms with Gasteiger partial charge >= 0.3 is 6.18 Å². The smallest absolute Gasteiger partial charge is 0.284 e. The molecule has 2 heterocycles. The first kappa shape index (κ1) is 14.4. The molecule has 1 aromatic carbocycles. The molecule has 0 unspecified atom stereocenters. The number of H-pyrrole nitrogens is 1. The minimum absolute atomic E-state index is 0.0112. The van der Waals surface area contributed by atoms with Gasteiger partial charge in [-0.3, -0.25) is 9.89 Å². The number of halogens is 3. The predicted octanol–water partition coefficient (Wildman–Crippen LogP) is 3.27. The van der Waals surface area contributed by atoms with Gasteiger partial charge in [0.1, 0.15) is 5.69 Å². The lowest BCUT2D eigenvalue weighted by Crippen LogP contribution is -2.16. The highest BCUT2D eigenvalue weighted by atomic mass is 19.4. The lowest BCUT2D eigenvalue weighted by molar-refractivity contribution is -0.140. The third-order valence-corrected chi connectivity index (χ3v) is 3.38. The van der Waals surface area contributed by atoms with E-state index in [1.54, 1.807) is 37.3 Å². The Labute approximate surface area is 123 Å². The maximum absolute atomic E-state index is 13.3. The number of aromatic amines is 1. The maximum atomic E-state index is 13.3. The normalized spacial score (nSPS) is 12.0. The number of alkyl halides is 3. The molecular formula is C15H12F3N3O. The van der Waals surface area contributed by atoms with Gasteiger partial charge in [0, 0.05) is 11.8 Å². The molecule has 0 fully saturated rings. The van der Waals surface area contributed by atoms with Crippen molar-refractivity contribution in [2.24, 2.45) is 0 Å². The molecule has 0 saturated heterocycles. The van der Waals surface area contributed by atoms with Gasteiger partial charge in [0.25, 0.3) is 5.56 Å². The largest absolute Gasteiger partial charge is 0.433 e. The van der Waals surface area contributed by atoms with E-state index in [1.807, 2.05) is 0 Å². The number of rotatable bonds is 2. The van der Waals surface area contributed by atoms with Crippen LogP contribution in [-0.4, -0.2) is 14.6 Å². The van der Waals surface area contributed by atoms with E-state index in [-0.39, 0.29) is 11.2 Å². The maximum Gasteiger partial charge on any atom is 0.433 e. The summed E-state index contributed by atoms with van der Waals surface area (Å²) in [5, 5.41) is 2.14. The summed E-state index contributed by atoms with van der Waals surface area (Å²) < 4.78 is 40.8. The second-order valence-electron chi connectivity index (χ2n) is 4.82. The number of fused-ring (bicyclic) bond motifs is 1. The van der Waals surface area contributed by atoms with Crippen LogP contribution in [0, 0.1) is 0 Å². The highest BCUT2D eigenvalue weighted by Gasteiger charge is 2.38. The van der Waals surface area contributed by atoms with E-state index in [9.17, 15) is 18.0 Å². The van der Waals surface area contributed by atoms with Crippen LogP contribution in [0.1, 0.15) is 18.3 Å². The molecule has 2 aromatic heterocycles. The average Bonchev–Trinajstić information content (AvgIpc) is 2.88. The quantitative estimate of drug-likeness (QED) is 0.790. The Morgan fingerprint density at radius 1 is 1.23 bits per heavy atom. The Hall–Kier alpha value is -2.57. The molecular weight excluding hydrogens is 295 g/mol. The van der Waals surface area contributed by atoms with Crippen molar-refractivity contribution in [3.05, 3.63) is 58.1 Å². The minimum atomic E-state index is -4.61. The van der Waals surface area contributed by atoms with Gasteiger partial charge in [-0.15, -0.1) is 0 Å². The second kappa shape index (κ2) is 5.01. The Bertz CT molecular complexity index is 879. The van der Waals surface area contributed by atoms with Gasteiger partial charge in [-0.25, -0.2) is 9.50 Å². The molecule has 0 radical (unpaired) electrons. The Morgan fingerprint density at radius 3 is 2.50 bits per heavy atom. The monoisotopic (exact) mass is 307 g/mol. The fraction of sp³-hybridized carbons (Fsp3) is 0.200. The van der Waals surface area contributed by atoms with Crippen LogP contribution in [0.25, 0.3) is 16.8 Å². The number of aromatic nitrogens is 3. The number of aryl methyl sites for hydroxylation is 1. The molecule has 0 amide bonds. The van der Waals surface area contributed by atoms with E-state index in [2.05, 4.69) is 10.1 Å². The van der Waals surface area contributed by atoms with Gasteiger partial charge in [-0.05, 0) is 12.0 Å². The van der Waals surface area contributed by atoms with Gasteiger partial charge in [-0.2, -0.15) is 13.2 Å². The van der Waals surface area contributed by atoms with Crippen LogP contribution in [-0.2, 0) is 12.6 Å². The molecule has 4 nitrogen and oxygen atoms in total. The zero-order valence-corrected chi connectivity index (χ0v) is 11.6. The molecule has 1 N–H and O–H groups in total. The molecule has 3 aromatic rings. The molecule has 0 aliphatic rings. The topological polar surface area (TPSA) is 50.2 Å². The Morgan fingerprint density at radius 2 is 1.91 bits per heavy atom. The first-order chi connectivity index (χ1) is 10.4. The molecule has 7 heteroatoms. The molecule has 3 rings (SSSR count). The summed E-state index contributed by atoms with van der Waals surface area (Å²) in [6, 6.07) is 9.34. The van der Waals surface area contributed by atoms with Gasteiger partial charge in [0.2, 0.25) is 0 Å². The van der Waals surface area contributed by atoms with Gasteiger partial charge in [-0.1, -0.05) is 37.3 Å². The first-order valence-electron chi connectivity index (χ1n) is 6.69. The predicted molar refractivity (Wildman–Crippen MR) is 75.6 cm³/mol. The van der Waals surface area contributed by atoms with E-state index in [4.69, 9.17) is 0 Å². The van der Waals surface area contributed by atoms with E-state index in [1.165, 1.54) is 6.07 Å². The minimum Gasteiger partial charge on any atom is -0.284 e. The average molecular weight is 307 g/mol. The van der Waals surface area contributed by atoms with Gasteiger partial charge in [0.15, 0.2) is 5.65 Å². The van der Waals surface area contributed by atoms with E-state index < -0.39 is 17.4 Å². The summed E-state index contributed by atoms with van der Waals surface area (Å²) in [5.41, 5.74) is -0.849. The molecule has 0 aliphatic heterocycles. The number of nitrogens with zero attached hydrogens (tertiary/aromatic N) is 2. The number of hydrogen-bond donors (Lipinski definition) is 1. The summed E-state index contributed by atoms with van der Waals surface area (Å²) >= 11 is 0. The van der Waals surface area contributed by atoms with E-state index >= 15 is 0 Å². The summed E-state index contributed by atoms with van der Waals surface area (Å²) in [6.07, 6.45) is -4.15. The lowest BCUT2D eigenvalue weighted by Gasteiger charge is -2.07. The third-order valence-electron chi connectivity index (χ3n) is 3.38. The van der Waals surface area contributed by atoms with E-state index in [0.717, 1.165) is 4.52 Å². The van der Waals surface area contributed by atoms with Gasteiger partial charge < -0.3 is 0 Å². The summed E-state index contributed by atoms with van der Waals surface area (Å²) in [7, 11) is 0. The van der Waals surface area contributed by atoms with Crippen LogP contribution >= 0.6 is 0 Å². The molecule has 22 heavy (non-hydrogen) atoms. The fourth-order valence-electron chi connectivity index (χ4n) is 2.35.